The first-order valence-corrected chi connectivity index (χ1v) is 13.1. The zero-order chi connectivity index (χ0) is 24.9. The van der Waals surface area contributed by atoms with Crippen LogP contribution in [0.15, 0.2) is 0 Å². The zero-order valence-corrected chi connectivity index (χ0v) is 22.8. The van der Waals surface area contributed by atoms with Gasteiger partial charge in [-0.25, -0.2) is 0 Å². The number of ether oxygens (including phenoxy) is 2. The molecule has 1 rings (SSSR count). The number of hydrogen-bond acceptors (Lipinski definition) is 7. The van der Waals surface area contributed by atoms with Crippen molar-refractivity contribution in [1.82, 2.24) is 14.7 Å². The largest absolute Gasteiger partial charge is 0.395 e. The summed E-state index contributed by atoms with van der Waals surface area (Å²) >= 11 is 0. The molecule has 7 heteroatoms. The first-order valence-electron chi connectivity index (χ1n) is 13.1. The molecule has 0 saturated carbocycles. The molecule has 7 nitrogen and oxygen atoms in total. The van der Waals surface area contributed by atoms with Gasteiger partial charge in [0.2, 0.25) is 0 Å². The van der Waals surface area contributed by atoms with Crippen molar-refractivity contribution in [1.29, 1.82) is 0 Å². The van der Waals surface area contributed by atoms with Crippen molar-refractivity contribution >= 4 is 0 Å². The monoisotopic (exact) mass is 473 g/mol. The predicted molar refractivity (Wildman–Crippen MR) is 137 cm³/mol. The molecule has 0 radical (unpaired) electrons. The van der Waals surface area contributed by atoms with Crippen LogP contribution in [-0.2, 0) is 9.47 Å². The zero-order valence-electron chi connectivity index (χ0n) is 22.8. The van der Waals surface area contributed by atoms with Gasteiger partial charge in [-0.1, -0.05) is 13.8 Å². The van der Waals surface area contributed by atoms with Gasteiger partial charge in [-0.2, -0.15) is 0 Å². The minimum Gasteiger partial charge on any atom is -0.395 e. The highest BCUT2D eigenvalue weighted by molar-refractivity contribution is 4.76. The molecule has 0 aliphatic carbocycles. The average Bonchev–Trinajstić information content (AvgIpc) is 2.73. The Morgan fingerprint density at radius 1 is 0.818 bits per heavy atom. The van der Waals surface area contributed by atoms with Gasteiger partial charge >= 0.3 is 0 Å². The molecule has 0 aromatic carbocycles. The van der Waals surface area contributed by atoms with Crippen LogP contribution in [0.3, 0.4) is 0 Å². The van der Waals surface area contributed by atoms with Crippen molar-refractivity contribution in [2.24, 2.45) is 5.92 Å². The van der Waals surface area contributed by atoms with Crippen molar-refractivity contribution in [2.45, 2.75) is 85.0 Å². The first-order chi connectivity index (χ1) is 15.5. The van der Waals surface area contributed by atoms with Crippen molar-refractivity contribution in [3.05, 3.63) is 0 Å². The highest BCUT2D eigenvalue weighted by Gasteiger charge is 2.24. The summed E-state index contributed by atoms with van der Waals surface area (Å²) in [6, 6.07) is -0.132. The number of aliphatic hydroxyl groups is 2. The summed E-state index contributed by atoms with van der Waals surface area (Å²) in [6.45, 7) is 24.6. The van der Waals surface area contributed by atoms with Gasteiger partial charge in [-0.15, -0.1) is 0 Å². The van der Waals surface area contributed by atoms with Crippen LogP contribution in [0.25, 0.3) is 0 Å². The molecule has 2 N–H and O–H groups in total. The van der Waals surface area contributed by atoms with Gasteiger partial charge in [0.25, 0.3) is 0 Å². The second-order valence-electron chi connectivity index (χ2n) is 11.6. The lowest BCUT2D eigenvalue weighted by Crippen LogP contribution is -2.48. The normalized spacial score (nSPS) is 17.1. The molecule has 1 aliphatic heterocycles. The Kier molecular flexibility index (Phi) is 14.6. The van der Waals surface area contributed by atoms with Crippen LogP contribution >= 0.6 is 0 Å². The molecule has 0 bridgehead atoms. The third-order valence-corrected chi connectivity index (χ3v) is 6.30. The van der Waals surface area contributed by atoms with E-state index in [9.17, 15) is 10.2 Å². The van der Waals surface area contributed by atoms with E-state index in [2.05, 4.69) is 63.2 Å². The summed E-state index contributed by atoms with van der Waals surface area (Å²) < 4.78 is 12.0. The molecule has 0 unspecified atom stereocenters. The second kappa shape index (κ2) is 15.7. The standard InChI is InChI=1S/C26H55N3O4/c1-23(2)10-8-12-29(24(20-30)21-31)13-9-11-27-14-16-28(17-15-27)18-19-32-26(6,7)22-33-25(3,4)5/h23-24,30-31H,8-22H2,1-7H3. The van der Waals surface area contributed by atoms with Gasteiger partial charge in [0.05, 0.1) is 43.7 Å². The van der Waals surface area contributed by atoms with E-state index >= 15 is 0 Å². The molecule has 33 heavy (non-hydrogen) atoms. The summed E-state index contributed by atoms with van der Waals surface area (Å²) in [6.07, 6.45) is 3.38. The summed E-state index contributed by atoms with van der Waals surface area (Å²) in [5, 5.41) is 19.3. The van der Waals surface area contributed by atoms with Crippen LogP contribution in [0.1, 0.15) is 67.7 Å². The summed E-state index contributed by atoms with van der Waals surface area (Å²) in [5.74, 6) is 0.693. The van der Waals surface area contributed by atoms with Crippen LogP contribution in [0.4, 0.5) is 0 Å². The lowest BCUT2D eigenvalue weighted by molar-refractivity contribution is -0.117. The lowest BCUT2D eigenvalue weighted by atomic mass is 10.1. The van der Waals surface area contributed by atoms with E-state index < -0.39 is 0 Å². The Bertz CT molecular complexity index is 484. The Morgan fingerprint density at radius 3 is 1.88 bits per heavy atom. The minimum atomic E-state index is -0.267. The van der Waals surface area contributed by atoms with Gasteiger partial charge in [0.1, 0.15) is 0 Å². The molecule has 0 spiro atoms. The summed E-state index contributed by atoms with van der Waals surface area (Å²) in [4.78, 5) is 7.31. The van der Waals surface area contributed by atoms with Crippen LogP contribution in [-0.4, -0.2) is 121 Å². The average molecular weight is 474 g/mol. The first kappa shape index (κ1) is 30.8. The van der Waals surface area contributed by atoms with Crippen molar-refractivity contribution in [3.63, 3.8) is 0 Å². The van der Waals surface area contributed by atoms with Gasteiger partial charge < -0.3 is 24.6 Å². The molecule has 0 aromatic rings. The van der Waals surface area contributed by atoms with E-state index in [4.69, 9.17) is 9.47 Å². The second-order valence-corrected chi connectivity index (χ2v) is 11.6. The topological polar surface area (TPSA) is 68.6 Å². The Balaban J connectivity index is 2.26. The van der Waals surface area contributed by atoms with Crippen molar-refractivity contribution in [2.75, 3.05) is 78.8 Å². The lowest BCUT2D eigenvalue weighted by Gasteiger charge is -2.36. The number of rotatable bonds is 17. The molecular formula is C26H55N3O4. The van der Waals surface area contributed by atoms with Gasteiger partial charge in [-0.3, -0.25) is 9.80 Å². The number of piperazine rings is 1. The number of aliphatic hydroxyl groups excluding tert-OH is 2. The minimum absolute atomic E-state index is 0.0259. The SMILES string of the molecule is CC(C)CCCN(CCCN1CCN(CCOC(C)(C)COC(C)(C)C)CC1)C(CO)CO. The van der Waals surface area contributed by atoms with E-state index in [0.29, 0.717) is 12.5 Å². The van der Waals surface area contributed by atoms with Crippen LogP contribution in [0.2, 0.25) is 0 Å². The van der Waals surface area contributed by atoms with Gasteiger partial charge in [-0.05, 0) is 79.4 Å². The molecule has 1 saturated heterocycles. The van der Waals surface area contributed by atoms with E-state index in [1.54, 1.807) is 0 Å². The maximum Gasteiger partial charge on any atom is 0.0859 e. The molecule has 1 heterocycles. The molecule has 1 aliphatic rings. The van der Waals surface area contributed by atoms with Crippen LogP contribution in [0.5, 0.6) is 0 Å². The van der Waals surface area contributed by atoms with Gasteiger partial charge in [0, 0.05) is 32.7 Å². The molecule has 0 amide bonds. The van der Waals surface area contributed by atoms with E-state index in [0.717, 1.165) is 71.8 Å². The van der Waals surface area contributed by atoms with Crippen LogP contribution in [0, 0.1) is 5.92 Å². The van der Waals surface area contributed by atoms with Gasteiger partial charge in [0.15, 0.2) is 0 Å². The van der Waals surface area contributed by atoms with Crippen LogP contribution < -0.4 is 0 Å². The number of hydrogen-bond donors (Lipinski definition) is 2. The van der Waals surface area contributed by atoms with E-state index in [1.807, 2.05) is 0 Å². The molecule has 1 fully saturated rings. The highest BCUT2D eigenvalue weighted by Crippen LogP contribution is 2.16. The summed E-state index contributed by atoms with van der Waals surface area (Å²) in [5.41, 5.74) is -0.406. The number of nitrogens with zero attached hydrogens (tertiary/aromatic N) is 3. The molecular weight excluding hydrogens is 418 g/mol. The van der Waals surface area contributed by atoms with E-state index in [1.165, 1.54) is 6.42 Å². The summed E-state index contributed by atoms with van der Waals surface area (Å²) in [7, 11) is 0. The smallest absolute Gasteiger partial charge is 0.0859 e. The molecule has 0 aromatic heterocycles. The maximum atomic E-state index is 9.63. The highest BCUT2D eigenvalue weighted by atomic mass is 16.6. The maximum absolute atomic E-state index is 9.63. The fourth-order valence-electron chi connectivity index (χ4n) is 4.09. The fourth-order valence-corrected chi connectivity index (χ4v) is 4.09. The van der Waals surface area contributed by atoms with Crippen molar-refractivity contribution < 1.29 is 19.7 Å². The third-order valence-electron chi connectivity index (χ3n) is 6.30. The Labute approximate surface area is 204 Å². The predicted octanol–water partition coefficient (Wildman–Crippen LogP) is 2.70. The fraction of sp³-hybridized carbons (Fsp3) is 1.00. The Hall–Kier alpha value is -0.280. The Morgan fingerprint density at radius 2 is 1.36 bits per heavy atom. The van der Waals surface area contributed by atoms with Crippen molar-refractivity contribution in [3.8, 4) is 0 Å². The van der Waals surface area contributed by atoms with E-state index in [-0.39, 0.29) is 30.5 Å². The molecule has 0 atom stereocenters. The molecule has 198 valence electrons. The quantitative estimate of drug-likeness (QED) is 0.337. The third kappa shape index (κ3) is 14.7.